The predicted octanol–water partition coefficient (Wildman–Crippen LogP) is 0.484. The maximum absolute atomic E-state index is 12.3. The number of rotatable bonds is 3. The summed E-state index contributed by atoms with van der Waals surface area (Å²) in [6.07, 6.45) is 3.76. The average molecular weight is 299 g/mol. The monoisotopic (exact) mass is 299 g/mol. The molecule has 1 aliphatic rings. The van der Waals surface area contributed by atoms with E-state index in [4.69, 9.17) is 0 Å². The molecular formula is C16H17N3O3. The predicted molar refractivity (Wildman–Crippen MR) is 81.5 cm³/mol. The molecular weight excluding hydrogens is 282 g/mol. The van der Waals surface area contributed by atoms with Gasteiger partial charge in [0.05, 0.1) is 5.56 Å². The molecule has 0 saturated carbocycles. The lowest BCUT2D eigenvalue weighted by atomic mass is 9.83. The number of fused-ring (bicyclic) bond motifs is 1. The number of benzene rings is 1. The van der Waals surface area contributed by atoms with Gasteiger partial charge in [0.1, 0.15) is 0 Å². The van der Waals surface area contributed by atoms with Gasteiger partial charge in [-0.25, -0.2) is 4.79 Å². The van der Waals surface area contributed by atoms with Crippen molar-refractivity contribution in [3.8, 4) is 0 Å². The number of aryl methyl sites for hydroxylation is 1. The van der Waals surface area contributed by atoms with E-state index in [9.17, 15) is 14.4 Å². The summed E-state index contributed by atoms with van der Waals surface area (Å²) in [6.45, 7) is 0.114. The van der Waals surface area contributed by atoms with E-state index >= 15 is 0 Å². The second-order valence-corrected chi connectivity index (χ2v) is 5.52. The largest absolute Gasteiger partial charge is 0.352 e. The summed E-state index contributed by atoms with van der Waals surface area (Å²) in [6, 6.07) is 8.16. The van der Waals surface area contributed by atoms with Gasteiger partial charge in [-0.3, -0.25) is 14.6 Å². The van der Waals surface area contributed by atoms with Gasteiger partial charge in [0, 0.05) is 18.7 Å². The molecule has 1 aromatic carbocycles. The lowest BCUT2D eigenvalue weighted by Crippen LogP contribution is -2.36. The van der Waals surface area contributed by atoms with Crippen LogP contribution >= 0.6 is 0 Å². The van der Waals surface area contributed by atoms with E-state index in [2.05, 4.69) is 27.4 Å². The highest BCUT2D eigenvalue weighted by atomic mass is 16.2. The van der Waals surface area contributed by atoms with Gasteiger partial charge < -0.3 is 10.3 Å². The Balaban J connectivity index is 1.63. The van der Waals surface area contributed by atoms with Crippen molar-refractivity contribution >= 4 is 5.91 Å². The Labute approximate surface area is 126 Å². The van der Waals surface area contributed by atoms with Gasteiger partial charge in [0.25, 0.3) is 5.56 Å². The fourth-order valence-electron chi connectivity index (χ4n) is 2.82. The standard InChI is InChI=1S/C16H17N3O3/c20-14(17-8-13-9-18-16(22)19-15(13)21)12-6-5-10-3-1-2-4-11(10)7-12/h1-4,9,12H,5-8H2,(H,17,20)(H2,18,19,21,22)/t12-/m0/s1. The molecule has 0 saturated heterocycles. The summed E-state index contributed by atoms with van der Waals surface area (Å²) < 4.78 is 0. The van der Waals surface area contributed by atoms with Gasteiger partial charge in [-0.15, -0.1) is 0 Å². The van der Waals surface area contributed by atoms with Gasteiger partial charge in [0.2, 0.25) is 5.91 Å². The Morgan fingerprint density at radius 1 is 1.23 bits per heavy atom. The molecule has 3 rings (SSSR count). The van der Waals surface area contributed by atoms with Crippen molar-refractivity contribution in [3.05, 3.63) is 68.0 Å². The fourth-order valence-corrected chi connectivity index (χ4v) is 2.82. The number of carbonyl (C=O) groups excluding carboxylic acids is 1. The molecule has 0 aliphatic heterocycles. The van der Waals surface area contributed by atoms with Crippen LogP contribution in [0.1, 0.15) is 23.1 Å². The average Bonchev–Trinajstić information content (AvgIpc) is 2.53. The molecule has 0 spiro atoms. The van der Waals surface area contributed by atoms with Crippen LogP contribution in [0.5, 0.6) is 0 Å². The summed E-state index contributed by atoms with van der Waals surface area (Å²) in [4.78, 5) is 39.3. The number of hydrogen-bond acceptors (Lipinski definition) is 3. The van der Waals surface area contributed by atoms with Crippen LogP contribution < -0.4 is 16.6 Å². The van der Waals surface area contributed by atoms with E-state index in [1.54, 1.807) is 0 Å². The van der Waals surface area contributed by atoms with Gasteiger partial charge in [-0.05, 0) is 30.4 Å². The van der Waals surface area contributed by atoms with E-state index in [0.717, 1.165) is 19.3 Å². The summed E-state index contributed by atoms with van der Waals surface area (Å²) in [5.41, 5.74) is 1.84. The highest BCUT2D eigenvalue weighted by molar-refractivity contribution is 5.79. The van der Waals surface area contributed by atoms with Crippen molar-refractivity contribution in [2.24, 2.45) is 5.92 Å². The maximum atomic E-state index is 12.3. The Morgan fingerprint density at radius 3 is 2.77 bits per heavy atom. The minimum Gasteiger partial charge on any atom is -0.352 e. The van der Waals surface area contributed by atoms with Crippen LogP contribution in [0.15, 0.2) is 40.1 Å². The summed E-state index contributed by atoms with van der Waals surface area (Å²) >= 11 is 0. The van der Waals surface area contributed by atoms with Crippen molar-refractivity contribution in [2.45, 2.75) is 25.8 Å². The van der Waals surface area contributed by atoms with Crippen LogP contribution in [0.3, 0.4) is 0 Å². The zero-order valence-electron chi connectivity index (χ0n) is 12.0. The number of aromatic nitrogens is 2. The van der Waals surface area contributed by atoms with Crippen LogP contribution in [-0.2, 0) is 24.2 Å². The number of amides is 1. The van der Waals surface area contributed by atoms with E-state index in [1.165, 1.54) is 17.3 Å². The minimum atomic E-state index is -0.552. The van der Waals surface area contributed by atoms with E-state index < -0.39 is 11.2 Å². The molecule has 6 nitrogen and oxygen atoms in total. The van der Waals surface area contributed by atoms with Crippen LogP contribution in [-0.4, -0.2) is 15.9 Å². The van der Waals surface area contributed by atoms with Crippen molar-refractivity contribution in [2.75, 3.05) is 0 Å². The Bertz CT molecular complexity index is 807. The van der Waals surface area contributed by atoms with Crippen molar-refractivity contribution in [3.63, 3.8) is 0 Å². The number of carbonyl (C=O) groups is 1. The Hall–Kier alpha value is -2.63. The lowest BCUT2D eigenvalue weighted by molar-refractivity contribution is -0.125. The lowest BCUT2D eigenvalue weighted by Gasteiger charge is -2.23. The van der Waals surface area contributed by atoms with Crippen LogP contribution in [0.25, 0.3) is 0 Å². The molecule has 2 aromatic rings. The van der Waals surface area contributed by atoms with Gasteiger partial charge >= 0.3 is 5.69 Å². The Kier molecular flexibility index (Phi) is 3.91. The third-order valence-electron chi connectivity index (χ3n) is 4.07. The van der Waals surface area contributed by atoms with Crippen molar-refractivity contribution < 1.29 is 4.79 Å². The molecule has 0 radical (unpaired) electrons. The van der Waals surface area contributed by atoms with Gasteiger partial charge in [0.15, 0.2) is 0 Å². The maximum Gasteiger partial charge on any atom is 0.325 e. The molecule has 3 N–H and O–H groups in total. The van der Waals surface area contributed by atoms with Crippen molar-refractivity contribution in [1.82, 2.24) is 15.3 Å². The topological polar surface area (TPSA) is 94.8 Å². The molecule has 0 fully saturated rings. The van der Waals surface area contributed by atoms with E-state index in [0.29, 0.717) is 5.56 Å². The molecule has 1 aromatic heterocycles. The highest BCUT2D eigenvalue weighted by Crippen LogP contribution is 2.25. The minimum absolute atomic E-state index is 0.0555. The first-order valence-corrected chi connectivity index (χ1v) is 7.29. The number of aromatic amines is 2. The zero-order valence-corrected chi connectivity index (χ0v) is 12.0. The summed E-state index contributed by atoms with van der Waals surface area (Å²) in [5, 5.41) is 2.78. The molecule has 6 heteroatoms. The highest BCUT2D eigenvalue weighted by Gasteiger charge is 2.24. The normalized spacial score (nSPS) is 16.8. The van der Waals surface area contributed by atoms with Gasteiger partial charge in [-0.1, -0.05) is 24.3 Å². The molecule has 1 aliphatic carbocycles. The molecule has 22 heavy (non-hydrogen) atoms. The molecule has 0 bridgehead atoms. The molecule has 1 heterocycles. The van der Waals surface area contributed by atoms with Gasteiger partial charge in [-0.2, -0.15) is 0 Å². The fraction of sp³-hybridized carbons (Fsp3) is 0.312. The Morgan fingerprint density at radius 2 is 2.00 bits per heavy atom. The van der Waals surface area contributed by atoms with Crippen LogP contribution in [0.2, 0.25) is 0 Å². The first-order chi connectivity index (χ1) is 10.6. The number of H-pyrrole nitrogens is 2. The van der Waals surface area contributed by atoms with Crippen LogP contribution in [0.4, 0.5) is 0 Å². The molecule has 1 amide bonds. The summed E-state index contributed by atoms with van der Waals surface area (Å²) in [5.74, 6) is -0.128. The second kappa shape index (κ2) is 6.01. The first kappa shape index (κ1) is 14.3. The smallest absolute Gasteiger partial charge is 0.325 e. The first-order valence-electron chi connectivity index (χ1n) is 7.29. The summed E-state index contributed by atoms with van der Waals surface area (Å²) in [7, 11) is 0. The quantitative estimate of drug-likeness (QED) is 0.769. The van der Waals surface area contributed by atoms with E-state index in [1.807, 2.05) is 12.1 Å². The number of hydrogen-bond donors (Lipinski definition) is 3. The van der Waals surface area contributed by atoms with E-state index in [-0.39, 0.29) is 18.4 Å². The van der Waals surface area contributed by atoms with Crippen LogP contribution in [0, 0.1) is 5.92 Å². The number of nitrogens with one attached hydrogen (secondary N) is 3. The third-order valence-corrected chi connectivity index (χ3v) is 4.07. The molecule has 0 unspecified atom stereocenters. The SMILES string of the molecule is O=C(NCc1c[nH]c(=O)[nH]c1=O)[C@H]1CCc2ccccc2C1. The zero-order chi connectivity index (χ0) is 15.5. The second-order valence-electron chi connectivity index (χ2n) is 5.52. The molecule has 1 atom stereocenters. The molecule has 114 valence electrons. The van der Waals surface area contributed by atoms with Crippen molar-refractivity contribution in [1.29, 1.82) is 0 Å². The third kappa shape index (κ3) is 3.00.